The van der Waals surface area contributed by atoms with E-state index in [0.717, 1.165) is 11.3 Å². The molecule has 1 aliphatic rings. The van der Waals surface area contributed by atoms with Gasteiger partial charge in [0, 0.05) is 11.3 Å². The Labute approximate surface area is 201 Å². The predicted molar refractivity (Wildman–Crippen MR) is 130 cm³/mol. The number of benzene rings is 3. The van der Waals surface area contributed by atoms with E-state index in [-0.39, 0.29) is 17.7 Å². The summed E-state index contributed by atoms with van der Waals surface area (Å²) in [5.41, 5.74) is 3.42. The minimum absolute atomic E-state index is 0.265. The van der Waals surface area contributed by atoms with Gasteiger partial charge in [0.25, 0.3) is 5.89 Å². The van der Waals surface area contributed by atoms with Crippen LogP contribution >= 0.6 is 0 Å². The summed E-state index contributed by atoms with van der Waals surface area (Å²) in [4.78, 5) is 19.4. The molecule has 0 aliphatic carbocycles. The smallest absolute Gasteiger partial charge is 0.326 e. The summed E-state index contributed by atoms with van der Waals surface area (Å²) in [5.74, 6) is 1.06. The van der Waals surface area contributed by atoms with Crippen molar-refractivity contribution in [2.75, 3.05) is 11.5 Å². The number of nitrogens with zero attached hydrogens (tertiary/aromatic N) is 3. The van der Waals surface area contributed by atoms with Crippen molar-refractivity contribution in [1.29, 1.82) is 0 Å². The first-order valence-corrected chi connectivity index (χ1v) is 11.2. The molecule has 5 rings (SSSR count). The molecule has 35 heavy (non-hydrogen) atoms. The Balaban J connectivity index is 1.60. The van der Waals surface area contributed by atoms with Crippen molar-refractivity contribution >= 4 is 17.3 Å². The molecule has 1 aromatic heterocycles. The zero-order valence-corrected chi connectivity index (χ0v) is 19.2. The summed E-state index contributed by atoms with van der Waals surface area (Å²) in [6.45, 7) is 4.33. The highest BCUT2D eigenvalue weighted by molar-refractivity contribution is 6.01. The molecule has 0 saturated heterocycles. The van der Waals surface area contributed by atoms with Gasteiger partial charge in [-0.25, -0.2) is 9.18 Å². The molecule has 4 aromatic rings. The van der Waals surface area contributed by atoms with Crippen LogP contribution in [0.3, 0.4) is 0 Å². The van der Waals surface area contributed by atoms with E-state index in [0.29, 0.717) is 35.0 Å². The number of aromatic nitrogens is 2. The number of nitrogens with one attached hydrogen (secondary N) is 1. The summed E-state index contributed by atoms with van der Waals surface area (Å²) in [6, 6.07) is 21.8. The second-order valence-corrected chi connectivity index (χ2v) is 7.98. The number of anilines is 1. The van der Waals surface area contributed by atoms with Crippen LogP contribution in [0.5, 0.6) is 5.75 Å². The number of para-hydroxylation sites is 1. The standard InChI is InChI=1S/C27H23FN4O3/c1-3-34-22-15-11-19(12-16-22)25-30-26(35-31-25)23-17(2)32(21-7-5-4-6-8-21)27(33)29-24(23)18-9-13-20(28)14-10-18/h4-16,24H,3H2,1-2H3,(H,29,33). The molecule has 8 heteroatoms. The van der Waals surface area contributed by atoms with Gasteiger partial charge in [0.15, 0.2) is 0 Å². The Morgan fingerprint density at radius 3 is 2.43 bits per heavy atom. The fraction of sp³-hybridized carbons (Fsp3) is 0.148. The van der Waals surface area contributed by atoms with Crippen molar-refractivity contribution in [3.8, 4) is 17.1 Å². The van der Waals surface area contributed by atoms with Crippen molar-refractivity contribution in [1.82, 2.24) is 15.5 Å². The molecule has 7 nitrogen and oxygen atoms in total. The summed E-state index contributed by atoms with van der Waals surface area (Å²) in [7, 11) is 0. The number of carbonyl (C=O) groups excluding carboxylic acids is 1. The summed E-state index contributed by atoms with van der Waals surface area (Å²) in [5, 5.41) is 7.19. The maximum absolute atomic E-state index is 13.6. The van der Waals surface area contributed by atoms with Gasteiger partial charge in [-0.3, -0.25) is 4.90 Å². The van der Waals surface area contributed by atoms with Gasteiger partial charge in [0.2, 0.25) is 5.82 Å². The number of amides is 2. The molecule has 176 valence electrons. The SMILES string of the molecule is CCOc1ccc(-c2noc(C3=C(C)N(c4ccccc4)C(=O)NC3c3ccc(F)cc3)n2)cc1. The Morgan fingerprint density at radius 2 is 1.74 bits per heavy atom. The molecule has 0 radical (unpaired) electrons. The molecule has 1 aliphatic heterocycles. The number of hydrogen-bond acceptors (Lipinski definition) is 5. The molecule has 0 spiro atoms. The molecule has 0 bridgehead atoms. The molecule has 0 fully saturated rings. The van der Waals surface area contributed by atoms with Crippen molar-refractivity contribution in [2.24, 2.45) is 0 Å². The number of ether oxygens (including phenoxy) is 1. The molecule has 1 N–H and O–H groups in total. The Kier molecular flexibility index (Phi) is 6.01. The lowest BCUT2D eigenvalue weighted by Gasteiger charge is -2.35. The van der Waals surface area contributed by atoms with Gasteiger partial charge in [0.05, 0.1) is 23.9 Å². The molecule has 2 heterocycles. The lowest BCUT2D eigenvalue weighted by molar-refractivity contribution is 0.244. The highest BCUT2D eigenvalue weighted by atomic mass is 19.1. The number of urea groups is 1. The van der Waals surface area contributed by atoms with Crippen LogP contribution in [-0.4, -0.2) is 22.8 Å². The molecule has 1 unspecified atom stereocenters. The van der Waals surface area contributed by atoms with Crippen LogP contribution in [0.15, 0.2) is 89.1 Å². The lowest BCUT2D eigenvalue weighted by atomic mass is 9.94. The predicted octanol–water partition coefficient (Wildman–Crippen LogP) is 5.98. The quantitative estimate of drug-likeness (QED) is 0.375. The summed E-state index contributed by atoms with van der Waals surface area (Å²) < 4.78 is 24.8. The highest BCUT2D eigenvalue weighted by Crippen LogP contribution is 2.39. The van der Waals surface area contributed by atoms with E-state index in [9.17, 15) is 9.18 Å². The summed E-state index contributed by atoms with van der Waals surface area (Å²) >= 11 is 0. The van der Waals surface area contributed by atoms with E-state index in [2.05, 4.69) is 15.5 Å². The van der Waals surface area contributed by atoms with Gasteiger partial charge in [0.1, 0.15) is 11.6 Å². The zero-order chi connectivity index (χ0) is 24.4. The fourth-order valence-corrected chi connectivity index (χ4v) is 4.13. The van der Waals surface area contributed by atoms with E-state index in [1.54, 1.807) is 17.0 Å². The van der Waals surface area contributed by atoms with Gasteiger partial charge in [-0.05, 0) is 67.9 Å². The van der Waals surface area contributed by atoms with Crippen LogP contribution in [0, 0.1) is 5.82 Å². The monoisotopic (exact) mass is 470 g/mol. The third-order valence-corrected chi connectivity index (χ3v) is 5.78. The van der Waals surface area contributed by atoms with Crippen LogP contribution < -0.4 is 15.0 Å². The van der Waals surface area contributed by atoms with E-state index >= 15 is 0 Å². The molecule has 1 atom stereocenters. The average Bonchev–Trinajstić information content (AvgIpc) is 3.35. The van der Waals surface area contributed by atoms with Crippen molar-refractivity contribution < 1.29 is 18.4 Å². The third-order valence-electron chi connectivity index (χ3n) is 5.78. The van der Waals surface area contributed by atoms with E-state index < -0.39 is 6.04 Å². The topological polar surface area (TPSA) is 80.5 Å². The number of halogens is 1. The van der Waals surface area contributed by atoms with Crippen LogP contribution in [0.1, 0.15) is 31.3 Å². The van der Waals surface area contributed by atoms with Crippen LogP contribution in [0.25, 0.3) is 17.0 Å². The Bertz CT molecular complexity index is 1370. The maximum Gasteiger partial charge on any atom is 0.326 e. The first kappa shape index (κ1) is 22.3. The van der Waals surface area contributed by atoms with E-state index in [1.807, 2.05) is 68.4 Å². The zero-order valence-electron chi connectivity index (χ0n) is 19.2. The molecule has 2 amide bonds. The minimum atomic E-state index is -0.600. The van der Waals surface area contributed by atoms with E-state index in [1.165, 1.54) is 12.1 Å². The molecule has 3 aromatic carbocycles. The van der Waals surface area contributed by atoms with Crippen molar-refractivity contribution in [3.63, 3.8) is 0 Å². The van der Waals surface area contributed by atoms with E-state index in [4.69, 9.17) is 9.26 Å². The second-order valence-electron chi connectivity index (χ2n) is 7.98. The Hall–Kier alpha value is -4.46. The fourth-order valence-electron chi connectivity index (χ4n) is 4.13. The molecular weight excluding hydrogens is 447 g/mol. The number of hydrogen-bond donors (Lipinski definition) is 1. The van der Waals surface area contributed by atoms with Gasteiger partial charge in [-0.2, -0.15) is 4.98 Å². The summed E-state index contributed by atoms with van der Waals surface area (Å²) in [6.07, 6.45) is 0. The lowest BCUT2D eigenvalue weighted by Crippen LogP contribution is -2.46. The minimum Gasteiger partial charge on any atom is -0.494 e. The number of carbonyl (C=O) groups is 1. The number of rotatable bonds is 6. The van der Waals surface area contributed by atoms with Crippen LogP contribution in [0.2, 0.25) is 0 Å². The number of allylic oxidation sites excluding steroid dienone is 1. The van der Waals surface area contributed by atoms with Gasteiger partial charge >= 0.3 is 6.03 Å². The van der Waals surface area contributed by atoms with Gasteiger partial charge < -0.3 is 14.6 Å². The molecular formula is C27H23FN4O3. The highest BCUT2D eigenvalue weighted by Gasteiger charge is 2.36. The second kappa shape index (κ2) is 9.42. The van der Waals surface area contributed by atoms with Crippen LogP contribution in [-0.2, 0) is 0 Å². The Morgan fingerprint density at radius 1 is 1.03 bits per heavy atom. The largest absolute Gasteiger partial charge is 0.494 e. The third kappa shape index (κ3) is 4.38. The average molecular weight is 471 g/mol. The normalized spacial score (nSPS) is 15.8. The maximum atomic E-state index is 13.6. The van der Waals surface area contributed by atoms with Gasteiger partial charge in [-0.15, -0.1) is 0 Å². The van der Waals surface area contributed by atoms with Crippen molar-refractivity contribution in [3.05, 3.63) is 102 Å². The van der Waals surface area contributed by atoms with Crippen LogP contribution in [0.4, 0.5) is 14.9 Å². The first-order valence-electron chi connectivity index (χ1n) is 11.2. The van der Waals surface area contributed by atoms with Crippen molar-refractivity contribution in [2.45, 2.75) is 19.9 Å². The first-order chi connectivity index (χ1) is 17.0. The molecule has 0 saturated carbocycles. The van der Waals surface area contributed by atoms with Gasteiger partial charge in [-0.1, -0.05) is 35.5 Å².